The number of rotatable bonds is 6. The maximum Gasteiger partial charge on any atom is 0.325 e. The van der Waals surface area contributed by atoms with Gasteiger partial charge in [0.05, 0.1) is 6.26 Å². The molecule has 0 aromatic carbocycles. The van der Waals surface area contributed by atoms with E-state index in [4.69, 9.17) is 10.2 Å². The fourth-order valence-electron chi connectivity index (χ4n) is 2.22. The molecule has 3 N–H and O–H groups in total. The third-order valence-electron chi connectivity index (χ3n) is 3.37. The summed E-state index contributed by atoms with van der Waals surface area (Å²) in [7, 11) is 0. The van der Waals surface area contributed by atoms with Crippen molar-refractivity contribution in [2.45, 2.75) is 31.7 Å². The van der Waals surface area contributed by atoms with Crippen LogP contribution in [0, 0.1) is 0 Å². The molecule has 1 aliphatic rings. The van der Waals surface area contributed by atoms with E-state index in [2.05, 4.69) is 5.32 Å². The van der Waals surface area contributed by atoms with E-state index in [1.54, 1.807) is 19.1 Å². The number of nitrogens with two attached hydrogens (primary N) is 1. The van der Waals surface area contributed by atoms with Crippen molar-refractivity contribution < 1.29 is 14.0 Å². The molecule has 6 nitrogen and oxygen atoms in total. The van der Waals surface area contributed by atoms with Gasteiger partial charge in [0.15, 0.2) is 5.54 Å². The Morgan fingerprint density at radius 3 is 2.79 bits per heavy atom. The number of urea groups is 1. The van der Waals surface area contributed by atoms with Crippen molar-refractivity contribution in [3.05, 3.63) is 24.2 Å². The molecule has 0 saturated carbocycles. The topological polar surface area (TPSA) is 88.6 Å². The Hall–Kier alpha value is -1.82. The zero-order valence-electron chi connectivity index (χ0n) is 11.0. The standard InChI is InChI=1S/C13H19N3O3/c1-13(10-6-5-9-19-10)11(17)16(12(18)15-13)8-4-2-3-7-14/h5-6,9H,2-4,7-8,14H2,1H3,(H,15,18). The second-order valence-corrected chi connectivity index (χ2v) is 4.84. The molecular weight excluding hydrogens is 246 g/mol. The summed E-state index contributed by atoms with van der Waals surface area (Å²) in [6.45, 7) is 2.71. The first-order valence-corrected chi connectivity index (χ1v) is 6.48. The van der Waals surface area contributed by atoms with Gasteiger partial charge in [0, 0.05) is 6.54 Å². The van der Waals surface area contributed by atoms with Crippen LogP contribution in [-0.4, -0.2) is 29.9 Å². The second-order valence-electron chi connectivity index (χ2n) is 4.84. The minimum atomic E-state index is -1.09. The fraction of sp³-hybridized carbons (Fsp3) is 0.538. The molecule has 2 heterocycles. The van der Waals surface area contributed by atoms with Gasteiger partial charge in [0.2, 0.25) is 0 Å². The lowest BCUT2D eigenvalue weighted by Gasteiger charge is -2.18. The van der Waals surface area contributed by atoms with Crippen LogP contribution in [0.15, 0.2) is 22.8 Å². The quantitative estimate of drug-likeness (QED) is 0.597. The van der Waals surface area contributed by atoms with Crippen LogP contribution >= 0.6 is 0 Å². The normalized spacial score (nSPS) is 22.9. The molecule has 0 spiro atoms. The van der Waals surface area contributed by atoms with E-state index in [-0.39, 0.29) is 11.9 Å². The van der Waals surface area contributed by atoms with Crippen LogP contribution in [0.2, 0.25) is 0 Å². The number of carbonyl (C=O) groups excluding carboxylic acids is 2. The highest BCUT2D eigenvalue weighted by Crippen LogP contribution is 2.29. The van der Waals surface area contributed by atoms with Crippen LogP contribution in [0.4, 0.5) is 4.79 Å². The molecule has 6 heteroatoms. The van der Waals surface area contributed by atoms with Crippen molar-refractivity contribution in [1.29, 1.82) is 0 Å². The van der Waals surface area contributed by atoms with Gasteiger partial charge in [-0.05, 0) is 38.4 Å². The van der Waals surface area contributed by atoms with Crippen LogP contribution in [0.1, 0.15) is 31.9 Å². The molecule has 0 bridgehead atoms. The molecule has 1 aromatic heterocycles. The number of imide groups is 1. The average Bonchev–Trinajstić information content (AvgIpc) is 2.97. The van der Waals surface area contributed by atoms with Gasteiger partial charge in [-0.25, -0.2) is 4.79 Å². The number of carbonyl (C=O) groups is 2. The molecule has 0 aliphatic carbocycles. The van der Waals surface area contributed by atoms with Crippen LogP contribution < -0.4 is 11.1 Å². The van der Waals surface area contributed by atoms with Gasteiger partial charge in [-0.2, -0.15) is 0 Å². The number of nitrogens with one attached hydrogen (secondary N) is 1. The first-order valence-electron chi connectivity index (χ1n) is 6.48. The molecule has 1 atom stereocenters. The molecule has 1 aliphatic heterocycles. The first-order chi connectivity index (χ1) is 9.09. The molecule has 3 amide bonds. The molecular formula is C13H19N3O3. The first kappa shape index (κ1) is 13.6. The van der Waals surface area contributed by atoms with Gasteiger partial charge >= 0.3 is 6.03 Å². The van der Waals surface area contributed by atoms with E-state index in [9.17, 15) is 9.59 Å². The Labute approximate surface area is 111 Å². The Bertz CT molecular complexity index is 458. The molecule has 1 saturated heterocycles. The molecule has 1 fully saturated rings. The lowest BCUT2D eigenvalue weighted by molar-refractivity contribution is -0.131. The largest absolute Gasteiger partial charge is 0.466 e. The van der Waals surface area contributed by atoms with E-state index in [1.165, 1.54) is 11.2 Å². The summed E-state index contributed by atoms with van der Waals surface area (Å²) < 4.78 is 5.25. The molecule has 104 valence electrons. The molecule has 1 aromatic rings. The van der Waals surface area contributed by atoms with Gasteiger partial charge < -0.3 is 15.5 Å². The second kappa shape index (κ2) is 5.44. The summed E-state index contributed by atoms with van der Waals surface area (Å²) >= 11 is 0. The minimum Gasteiger partial charge on any atom is -0.466 e. The Balaban J connectivity index is 2.04. The highest BCUT2D eigenvalue weighted by molar-refractivity contribution is 6.06. The smallest absolute Gasteiger partial charge is 0.325 e. The summed E-state index contributed by atoms with van der Waals surface area (Å²) in [6.07, 6.45) is 4.07. The Morgan fingerprint density at radius 2 is 2.16 bits per heavy atom. The zero-order valence-corrected chi connectivity index (χ0v) is 11.0. The van der Waals surface area contributed by atoms with Crippen molar-refractivity contribution in [1.82, 2.24) is 10.2 Å². The highest BCUT2D eigenvalue weighted by Gasteiger charge is 2.50. The van der Waals surface area contributed by atoms with Gasteiger partial charge in [-0.1, -0.05) is 6.42 Å². The number of furan rings is 1. The molecule has 2 rings (SSSR count). The molecule has 1 unspecified atom stereocenters. The number of nitrogens with zero attached hydrogens (tertiary/aromatic N) is 1. The zero-order chi connectivity index (χ0) is 13.9. The summed E-state index contributed by atoms with van der Waals surface area (Å²) in [6, 6.07) is 3.02. The maximum atomic E-state index is 12.4. The van der Waals surface area contributed by atoms with Crippen molar-refractivity contribution >= 4 is 11.9 Å². The molecule has 19 heavy (non-hydrogen) atoms. The summed E-state index contributed by atoms with van der Waals surface area (Å²) in [5.74, 6) is 0.190. The van der Waals surface area contributed by atoms with Gasteiger partial charge in [-0.3, -0.25) is 9.69 Å². The van der Waals surface area contributed by atoms with Crippen molar-refractivity contribution in [3.8, 4) is 0 Å². The highest BCUT2D eigenvalue weighted by atomic mass is 16.3. The van der Waals surface area contributed by atoms with Gasteiger partial charge in [-0.15, -0.1) is 0 Å². The van der Waals surface area contributed by atoms with E-state index in [1.807, 2.05) is 0 Å². The third-order valence-corrected chi connectivity index (χ3v) is 3.37. The predicted molar refractivity (Wildman–Crippen MR) is 69.2 cm³/mol. The monoisotopic (exact) mass is 265 g/mol. The lowest BCUT2D eigenvalue weighted by Crippen LogP contribution is -2.40. The minimum absolute atomic E-state index is 0.264. The van der Waals surface area contributed by atoms with Gasteiger partial charge in [0.25, 0.3) is 5.91 Å². The van der Waals surface area contributed by atoms with Crippen LogP contribution in [0.5, 0.6) is 0 Å². The third kappa shape index (κ3) is 2.49. The maximum absolute atomic E-state index is 12.4. The van der Waals surface area contributed by atoms with Gasteiger partial charge in [0.1, 0.15) is 5.76 Å². The number of unbranched alkanes of at least 4 members (excludes halogenated alkanes) is 2. The van der Waals surface area contributed by atoms with Crippen LogP contribution in [0.25, 0.3) is 0 Å². The van der Waals surface area contributed by atoms with E-state index in [0.29, 0.717) is 18.8 Å². The van der Waals surface area contributed by atoms with Crippen molar-refractivity contribution in [2.24, 2.45) is 5.73 Å². The predicted octanol–water partition coefficient (Wildman–Crippen LogP) is 1.18. The SMILES string of the molecule is CC1(c2ccco2)NC(=O)N(CCCCCN)C1=O. The summed E-state index contributed by atoms with van der Waals surface area (Å²) in [5, 5.41) is 2.69. The van der Waals surface area contributed by atoms with E-state index in [0.717, 1.165) is 19.3 Å². The van der Waals surface area contributed by atoms with Crippen molar-refractivity contribution in [3.63, 3.8) is 0 Å². The number of hydrogen-bond acceptors (Lipinski definition) is 4. The van der Waals surface area contributed by atoms with Crippen LogP contribution in [-0.2, 0) is 10.3 Å². The van der Waals surface area contributed by atoms with E-state index < -0.39 is 5.54 Å². The Kier molecular flexibility index (Phi) is 3.90. The summed E-state index contributed by atoms with van der Waals surface area (Å²) in [4.78, 5) is 25.5. The summed E-state index contributed by atoms with van der Waals surface area (Å²) in [5.41, 5.74) is 4.32. The fourth-order valence-corrected chi connectivity index (χ4v) is 2.22. The average molecular weight is 265 g/mol. The Morgan fingerprint density at radius 1 is 1.37 bits per heavy atom. The van der Waals surface area contributed by atoms with E-state index >= 15 is 0 Å². The number of amides is 3. The lowest BCUT2D eigenvalue weighted by atomic mass is 9.99. The molecule has 0 radical (unpaired) electrons. The van der Waals surface area contributed by atoms with Crippen molar-refractivity contribution in [2.75, 3.05) is 13.1 Å². The number of hydrogen-bond donors (Lipinski definition) is 2. The van der Waals surface area contributed by atoms with Crippen LogP contribution in [0.3, 0.4) is 0 Å².